The number of benzene rings is 2. The smallest absolute Gasteiger partial charge is 0.338 e. The number of halogens is 2. The molecule has 3 aromatic rings. The number of nitrogens with one attached hydrogen (secondary N) is 1. The Hall–Kier alpha value is -2.39. The summed E-state index contributed by atoms with van der Waals surface area (Å²) >= 11 is 13.5. The molecule has 162 valence electrons. The Labute approximate surface area is 193 Å². The van der Waals surface area contributed by atoms with Crippen LogP contribution in [0.5, 0.6) is 0 Å². The lowest BCUT2D eigenvalue weighted by Gasteiger charge is -2.34. The minimum atomic E-state index is -0.328. The van der Waals surface area contributed by atoms with E-state index in [0.29, 0.717) is 54.0 Å². The molecule has 1 N–H and O–H groups in total. The molecule has 0 unspecified atom stereocenters. The van der Waals surface area contributed by atoms with E-state index in [9.17, 15) is 9.59 Å². The van der Waals surface area contributed by atoms with E-state index < -0.39 is 0 Å². The fraction of sp³-hybridized carbons (Fsp3) is 0.286. The van der Waals surface area contributed by atoms with Gasteiger partial charge < -0.3 is 9.64 Å². The Morgan fingerprint density at radius 3 is 2.52 bits per heavy atom. The van der Waals surface area contributed by atoms with Crippen molar-refractivity contribution in [3.63, 3.8) is 0 Å². The lowest BCUT2D eigenvalue weighted by molar-refractivity contribution is 0.0526. The molecule has 31 heavy (non-hydrogen) atoms. The van der Waals surface area contributed by atoms with Gasteiger partial charge in [0.2, 0.25) is 0 Å². The number of hydrogen-bond donors (Lipinski definition) is 1. The summed E-state index contributed by atoms with van der Waals surface area (Å²) in [7, 11) is 0. The van der Waals surface area contributed by atoms with E-state index in [1.54, 1.807) is 42.5 Å². The molecule has 7 nitrogen and oxygen atoms in total. The van der Waals surface area contributed by atoms with Crippen LogP contribution in [0.1, 0.15) is 27.6 Å². The lowest BCUT2D eigenvalue weighted by atomic mass is 10.2. The second-order valence-corrected chi connectivity index (χ2v) is 8.77. The average molecular weight is 479 g/mol. The van der Waals surface area contributed by atoms with Crippen LogP contribution in [-0.4, -0.2) is 54.7 Å². The molecule has 1 saturated heterocycles. The predicted molar refractivity (Wildman–Crippen MR) is 123 cm³/mol. The molecule has 0 spiro atoms. The Morgan fingerprint density at radius 1 is 1.06 bits per heavy atom. The number of hydrazine groups is 1. The summed E-state index contributed by atoms with van der Waals surface area (Å²) in [5, 5.41) is 3.54. The molecule has 0 radical (unpaired) electrons. The fourth-order valence-electron chi connectivity index (χ4n) is 3.24. The van der Waals surface area contributed by atoms with Crippen molar-refractivity contribution in [3.05, 3.63) is 57.6 Å². The number of piperazine rings is 1. The number of ether oxygens (including phenoxy) is 1. The summed E-state index contributed by atoms with van der Waals surface area (Å²) in [4.78, 5) is 31.3. The van der Waals surface area contributed by atoms with Crippen LogP contribution in [0.3, 0.4) is 0 Å². The van der Waals surface area contributed by atoms with E-state index in [4.69, 9.17) is 32.9 Å². The Bertz CT molecular complexity index is 1130. The van der Waals surface area contributed by atoms with Gasteiger partial charge in [0.25, 0.3) is 5.91 Å². The van der Waals surface area contributed by atoms with Crippen LogP contribution in [0, 0.1) is 0 Å². The summed E-state index contributed by atoms with van der Waals surface area (Å²) in [6, 6.07) is 10.2. The highest BCUT2D eigenvalue weighted by Gasteiger charge is 2.22. The van der Waals surface area contributed by atoms with Crippen molar-refractivity contribution < 1.29 is 14.3 Å². The number of rotatable bonds is 5. The first-order valence-electron chi connectivity index (χ1n) is 9.78. The highest BCUT2D eigenvalue weighted by Crippen LogP contribution is 2.30. The van der Waals surface area contributed by atoms with Crippen molar-refractivity contribution in [1.29, 1.82) is 0 Å². The highest BCUT2D eigenvalue weighted by atomic mass is 35.5. The summed E-state index contributed by atoms with van der Waals surface area (Å²) < 4.78 is 6.01. The van der Waals surface area contributed by atoms with Crippen LogP contribution in [0.4, 0.5) is 5.13 Å². The number of carbonyl (C=O) groups is 2. The molecule has 1 aliphatic rings. The number of anilines is 1. The summed E-state index contributed by atoms with van der Waals surface area (Å²) in [5.74, 6) is -0.552. The molecule has 1 amide bonds. The van der Waals surface area contributed by atoms with Crippen molar-refractivity contribution in [2.45, 2.75) is 6.92 Å². The third-order valence-corrected chi connectivity index (χ3v) is 6.70. The quantitative estimate of drug-likeness (QED) is 0.552. The number of amides is 1. The van der Waals surface area contributed by atoms with Gasteiger partial charge in [-0.1, -0.05) is 34.5 Å². The van der Waals surface area contributed by atoms with Crippen LogP contribution in [-0.2, 0) is 4.74 Å². The molecule has 1 fully saturated rings. The minimum Gasteiger partial charge on any atom is -0.462 e. The van der Waals surface area contributed by atoms with E-state index in [-0.39, 0.29) is 11.9 Å². The molecule has 2 heterocycles. The monoisotopic (exact) mass is 478 g/mol. The Kier molecular flexibility index (Phi) is 6.62. The van der Waals surface area contributed by atoms with E-state index in [1.807, 2.05) is 17.1 Å². The normalized spacial score (nSPS) is 14.6. The number of esters is 1. The van der Waals surface area contributed by atoms with E-state index in [2.05, 4.69) is 10.3 Å². The minimum absolute atomic E-state index is 0.224. The molecule has 1 aromatic heterocycles. The highest BCUT2D eigenvalue weighted by molar-refractivity contribution is 7.22. The van der Waals surface area contributed by atoms with Gasteiger partial charge in [0, 0.05) is 31.7 Å². The van der Waals surface area contributed by atoms with Crippen LogP contribution in [0.15, 0.2) is 36.4 Å². The van der Waals surface area contributed by atoms with Gasteiger partial charge in [0.15, 0.2) is 5.13 Å². The largest absolute Gasteiger partial charge is 0.462 e. The summed E-state index contributed by atoms with van der Waals surface area (Å²) in [5.41, 5.74) is 4.75. The van der Waals surface area contributed by atoms with Crippen molar-refractivity contribution in [1.82, 2.24) is 15.4 Å². The summed E-state index contributed by atoms with van der Waals surface area (Å²) in [6.07, 6.45) is 0. The molecule has 0 bridgehead atoms. The molecule has 2 aromatic carbocycles. The Morgan fingerprint density at radius 2 is 1.81 bits per heavy atom. The van der Waals surface area contributed by atoms with Gasteiger partial charge in [0.05, 0.1) is 32.4 Å². The predicted octanol–water partition coefficient (Wildman–Crippen LogP) is 4.25. The second-order valence-electron chi connectivity index (χ2n) is 6.94. The standard InChI is InChI=1S/C21H20Cl2N4O3S/c1-2-30-20(29)14-4-6-17-18(12-14)31-21(24-17)26-7-9-27(10-8-26)25-19(28)13-3-5-15(22)16(23)11-13/h3-6,11-12H,2,7-10H2,1H3,(H,25,28). The van der Waals surface area contributed by atoms with Gasteiger partial charge in [-0.15, -0.1) is 0 Å². The van der Waals surface area contributed by atoms with E-state index in [0.717, 1.165) is 15.3 Å². The number of hydrogen-bond acceptors (Lipinski definition) is 7. The molecular formula is C21H20Cl2N4O3S. The van der Waals surface area contributed by atoms with Gasteiger partial charge in [0.1, 0.15) is 0 Å². The number of nitrogens with zero attached hydrogens (tertiary/aromatic N) is 3. The number of thiazole rings is 1. The maximum atomic E-state index is 12.5. The van der Waals surface area contributed by atoms with E-state index >= 15 is 0 Å². The topological polar surface area (TPSA) is 74.8 Å². The Balaban J connectivity index is 1.38. The third kappa shape index (κ3) is 4.93. The second kappa shape index (κ2) is 9.40. The maximum Gasteiger partial charge on any atom is 0.338 e. The summed E-state index contributed by atoms with van der Waals surface area (Å²) in [6.45, 7) is 4.86. The molecular weight excluding hydrogens is 459 g/mol. The first kappa shape index (κ1) is 21.8. The molecule has 4 rings (SSSR count). The van der Waals surface area contributed by atoms with Crippen LogP contribution >= 0.6 is 34.5 Å². The van der Waals surface area contributed by atoms with Crippen molar-refractivity contribution in [3.8, 4) is 0 Å². The van der Waals surface area contributed by atoms with Crippen molar-refractivity contribution in [2.24, 2.45) is 0 Å². The van der Waals surface area contributed by atoms with Crippen LogP contribution in [0.25, 0.3) is 10.2 Å². The van der Waals surface area contributed by atoms with Gasteiger partial charge in [-0.3, -0.25) is 10.2 Å². The molecule has 0 atom stereocenters. The van der Waals surface area contributed by atoms with E-state index in [1.165, 1.54) is 0 Å². The molecule has 0 aliphatic carbocycles. The first-order chi connectivity index (χ1) is 14.9. The lowest BCUT2D eigenvalue weighted by Crippen LogP contribution is -2.53. The van der Waals surface area contributed by atoms with Crippen molar-refractivity contribution >= 4 is 61.8 Å². The van der Waals surface area contributed by atoms with Gasteiger partial charge >= 0.3 is 5.97 Å². The van der Waals surface area contributed by atoms with Crippen molar-refractivity contribution in [2.75, 3.05) is 37.7 Å². The van der Waals surface area contributed by atoms with Gasteiger partial charge in [-0.05, 0) is 43.3 Å². The average Bonchev–Trinajstić information content (AvgIpc) is 3.19. The third-order valence-electron chi connectivity index (χ3n) is 4.88. The zero-order chi connectivity index (χ0) is 22.0. The number of aromatic nitrogens is 1. The molecule has 1 aliphatic heterocycles. The SMILES string of the molecule is CCOC(=O)c1ccc2nc(N3CCN(NC(=O)c4ccc(Cl)c(Cl)c4)CC3)sc2c1. The zero-order valence-corrected chi connectivity index (χ0v) is 19.1. The fourth-order valence-corrected chi connectivity index (χ4v) is 4.60. The van der Waals surface area contributed by atoms with Gasteiger partial charge in [-0.25, -0.2) is 14.8 Å². The molecule has 10 heteroatoms. The van der Waals surface area contributed by atoms with Crippen LogP contribution < -0.4 is 10.3 Å². The molecule has 0 saturated carbocycles. The van der Waals surface area contributed by atoms with Crippen LogP contribution in [0.2, 0.25) is 10.0 Å². The zero-order valence-electron chi connectivity index (χ0n) is 16.7. The van der Waals surface area contributed by atoms with Gasteiger partial charge in [-0.2, -0.15) is 0 Å². The maximum absolute atomic E-state index is 12.5. The number of carbonyl (C=O) groups excluding carboxylic acids is 2. The number of fused-ring (bicyclic) bond motifs is 1. The first-order valence-corrected chi connectivity index (χ1v) is 11.4.